The topological polar surface area (TPSA) is 95.7 Å². The van der Waals surface area contributed by atoms with Crippen molar-refractivity contribution in [3.8, 4) is 0 Å². The lowest BCUT2D eigenvalue weighted by atomic mass is 9.95. The van der Waals surface area contributed by atoms with Crippen molar-refractivity contribution in [2.24, 2.45) is 0 Å². The van der Waals surface area contributed by atoms with Gasteiger partial charge < -0.3 is 16.3 Å². The average molecular weight is 303 g/mol. The summed E-state index contributed by atoms with van der Waals surface area (Å²) in [6.07, 6.45) is 2.40. The molecule has 6 nitrogen and oxygen atoms in total. The van der Waals surface area contributed by atoms with Crippen molar-refractivity contribution in [1.29, 1.82) is 0 Å². The number of anilines is 2. The van der Waals surface area contributed by atoms with E-state index in [2.05, 4.69) is 5.32 Å². The Morgan fingerprint density at radius 1 is 1.32 bits per heavy atom. The largest absolute Gasteiger partial charge is 0.398 e. The Kier molecular flexibility index (Phi) is 3.85. The van der Waals surface area contributed by atoms with E-state index in [0.717, 1.165) is 0 Å². The lowest BCUT2D eigenvalue weighted by molar-refractivity contribution is -0.185. The number of hydroxylamine groups is 2. The number of nitrogens with one attached hydrogen (secondary N) is 1. The first-order chi connectivity index (χ1) is 10.1. The van der Waals surface area contributed by atoms with Crippen LogP contribution in [0.25, 0.3) is 0 Å². The molecule has 0 saturated heterocycles. The molecule has 0 aromatic heterocycles. The van der Waals surface area contributed by atoms with E-state index >= 15 is 0 Å². The fraction of sp³-hybridized carbons (Fsp3) is 0.375. The first kappa shape index (κ1) is 16.2. The summed E-state index contributed by atoms with van der Waals surface area (Å²) in [4.78, 5) is 23.3. The number of nitrogen functional groups attached to an aromatic ring is 1. The zero-order valence-electron chi connectivity index (χ0n) is 13.2. The van der Waals surface area contributed by atoms with Crippen LogP contribution in [0.4, 0.5) is 11.4 Å². The fourth-order valence-corrected chi connectivity index (χ4v) is 2.73. The SMILES string of the molecule is CC1(C)C=C(C(=O)Nc2ccc(C=O)c(N)c2)C(C)(C)N1O. The Bertz CT molecular complexity index is 663. The number of nitrogens with zero attached hydrogens (tertiary/aromatic N) is 1. The highest BCUT2D eigenvalue weighted by molar-refractivity contribution is 6.06. The third-order valence-electron chi connectivity index (χ3n) is 3.95. The lowest BCUT2D eigenvalue weighted by Gasteiger charge is -2.35. The third kappa shape index (κ3) is 2.63. The Morgan fingerprint density at radius 2 is 1.95 bits per heavy atom. The molecule has 1 amide bonds. The number of aldehydes is 1. The standard InChI is InChI=1S/C16H21N3O3/c1-15(2)8-12(16(3,4)19(15)22)14(21)18-11-6-5-10(9-20)13(17)7-11/h5-9,22H,17H2,1-4H3,(H,18,21). The smallest absolute Gasteiger partial charge is 0.253 e. The van der Waals surface area contributed by atoms with E-state index in [1.807, 2.05) is 13.8 Å². The minimum absolute atomic E-state index is 0.302. The molecule has 4 N–H and O–H groups in total. The maximum Gasteiger partial charge on any atom is 0.253 e. The second-order valence-corrected chi connectivity index (χ2v) is 6.50. The second kappa shape index (κ2) is 5.23. The van der Waals surface area contributed by atoms with E-state index in [1.54, 1.807) is 32.1 Å². The summed E-state index contributed by atoms with van der Waals surface area (Å²) < 4.78 is 0. The van der Waals surface area contributed by atoms with Crippen molar-refractivity contribution in [3.05, 3.63) is 35.4 Å². The van der Waals surface area contributed by atoms with Gasteiger partial charge in [0.25, 0.3) is 5.91 Å². The van der Waals surface area contributed by atoms with E-state index in [0.29, 0.717) is 28.8 Å². The van der Waals surface area contributed by atoms with Gasteiger partial charge in [0.15, 0.2) is 6.29 Å². The van der Waals surface area contributed by atoms with Gasteiger partial charge in [-0.1, -0.05) is 6.08 Å². The lowest BCUT2D eigenvalue weighted by Crippen LogP contribution is -2.49. The number of benzene rings is 1. The van der Waals surface area contributed by atoms with Gasteiger partial charge in [-0.15, -0.1) is 0 Å². The number of rotatable bonds is 3. The number of carbonyl (C=O) groups excluding carboxylic acids is 2. The van der Waals surface area contributed by atoms with Gasteiger partial charge in [-0.25, -0.2) is 0 Å². The van der Waals surface area contributed by atoms with Gasteiger partial charge in [0.05, 0.1) is 11.1 Å². The molecule has 6 heteroatoms. The van der Waals surface area contributed by atoms with Crippen LogP contribution in [-0.2, 0) is 4.79 Å². The van der Waals surface area contributed by atoms with Crippen molar-refractivity contribution in [3.63, 3.8) is 0 Å². The predicted molar refractivity (Wildman–Crippen MR) is 84.7 cm³/mol. The summed E-state index contributed by atoms with van der Waals surface area (Å²) in [5.41, 5.74) is 5.95. The van der Waals surface area contributed by atoms with Gasteiger partial charge in [0.2, 0.25) is 0 Å². The van der Waals surface area contributed by atoms with E-state index in [9.17, 15) is 14.8 Å². The highest BCUT2D eigenvalue weighted by Gasteiger charge is 2.47. The van der Waals surface area contributed by atoms with Crippen LogP contribution >= 0.6 is 0 Å². The number of amides is 1. The van der Waals surface area contributed by atoms with Gasteiger partial charge >= 0.3 is 0 Å². The normalized spacial score (nSPS) is 19.6. The average Bonchev–Trinajstić information content (AvgIpc) is 2.59. The Balaban J connectivity index is 2.26. The number of hydrogen-bond donors (Lipinski definition) is 3. The van der Waals surface area contributed by atoms with Gasteiger partial charge in [-0.2, -0.15) is 5.06 Å². The predicted octanol–water partition coefficient (Wildman–Crippen LogP) is 2.21. The highest BCUT2D eigenvalue weighted by Crippen LogP contribution is 2.38. The van der Waals surface area contributed by atoms with Crippen molar-refractivity contribution in [1.82, 2.24) is 5.06 Å². The number of carbonyl (C=O) groups is 2. The Labute approximate surface area is 129 Å². The fourth-order valence-electron chi connectivity index (χ4n) is 2.73. The summed E-state index contributed by atoms with van der Waals surface area (Å²) in [6.45, 7) is 7.20. The minimum Gasteiger partial charge on any atom is -0.398 e. The molecule has 0 aliphatic carbocycles. The summed E-state index contributed by atoms with van der Waals surface area (Å²) in [6, 6.07) is 4.70. The van der Waals surface area contributed by atoms with Crippen LogP contribution in [0.1, 0.15) is 38.1 Å². The molecule has 0 radical (unpaired) electrons. The summed E-state index contributed by atoms with van der Waals surface area (Å²) >= 11 is 0. The van der Waals surface area contributed by atoms with Crippen molar-refractivity contribution >= 4 is 23.6 Å². The number of nitrogens with two attached hydrogens (primary N) is 1. The van der Waals surface area contributed by atoms with Gasteiger partial charge in [-0.3, -0.25) is 9.59 Å². The van der Waals surface area contributed by atoms with Crippen LogP contribution < -0.4 is 11.1 Å². The molecule has 0 saturated carbocycles. The second-order valence-electron chi connectivity index (χ2n) is 6.50. The summed E-state index contributed by atoms with van der Waals surface area (Å²) in [5.74, 6) is -0.312. The molecular weight excluding hydrogens is 282 g/mol. The van der Waals surface area contributed by atoms with Crippen LogP contribution in [0.5, 0.6) is 0 Å². The Morgan fingerprint density at radius 3 is 2.41 bits per heavy atom. The molecule has 1 aromatic rings. The Hall–Kier alpha value is -2.18. The van der Waals surface area contributed by atoms with Crippen LogP contribution in [0, 0.1) is 0 Å². The minimum atomic E-state index is -0.804. The maximum atomic E-state index is 12.5. The van der Waals surface area contributed by atoms with Gasteiger partial charge in [-0.05, 0) is 45.9 Å². The van der Waals surface area contributed by atoms with Crippen molar-refractivity contribution < 1.29 is 14.8 Å². The van der Waals surface area contributed by atoms with Crippen molar-refractivity contribution in [2.45, 2.75) is 38.8 Å². The molecule has 0 fully saturated rings. The molecule has 0 spiro atoms. The van der Waals surface area contributed by atoms with Gasteiger partial charge in [0, 0.05) is 22.5 Å². The molecule has 118 valence electrons. The van der Waals surface area contributed by atoms with E-state index in [-0.39, 0.29) is 5.91 Å². The maximum absolute atomic E-state index is 12.5. The van der Waals surface area contributed by atoms with Crippen LogP contribution in [0.3, 0.4) is 0 Å². The molecule has 0 unspecified atom stereocenters. The highest BCUT2D eigenvalue weighted by atomic mass is 16.5. The molecule has 0 atom stereocenters. The van der Waals surface area contributed by atoms with E-state index < -0.39 is 11.1 Å². The molecule has 1 aliphatic rings. The third-order valence-corrected chi connectivity index (χ3v) is 3.95. The summed E-state index contributed by atoms with van der Waals surface area (Å²) in [5, 5.41) is 14.1. The van der Waals surface area contributed by atoms with Crippen LogP contribution in [-0.4, -0.2) is 33.5 Å². The molecule has 2 rings (SSSR count). The molecule has 0 bridgehead atoms. The molecule has 1 heterocycles. The molecule has 22 heavy (non-hydrogen) atoms. The molecule has 1 aromatic carbocycles. The monoisotopic (exact) mass is 303 g/mol. The van der Waals surface area contributed by atoms with E-state index in [1.165, 1.54) is 11.1 Å². The quantitative estimate of drug-likeness (QED) is 0.588. The first-order valence-electron chi connectivity index (χ1n) is 6.98. The molecular formula is C16H21N3O3. The van der Waals surface area contributed by atoms with Crippen LogP contribution in [0.2, 0.25) is 0 Å². The van der Waals surface area contributed by atoms with E-state index in [4.69, 9.17) is 5.73 Å². The van der Waals surface area contributed by atoms with Gasteiger partial charge in [0.1, 0.15) is 0 Å². The van der Waals surface area contributed by atoms with Crippen LogP contribution in [0.15, 0.2) is 29.8 Å². The first-order valence-corrected chi connectivity index (χ1v) is 6.98. The zero-order chi connectivity index (χ0) is 16.7. The van der Waals surface area contributed by atoms with Crippen molar-refractivity contribution in [2.75, 3.05) is 11.1 Å². The number of hydrogen-bond acceptors (Lipinski definition) is 5. The molecule has 1 aliphatic heterocycles. The summed E-state index contributed by atoms with van der Waals surface area (Å²) in [7, 11) is 0. The zero-order valence-corrected chi connectivity index (χ0v) is 13.2.